The average molecular weight is 400 g/mol. The minimum absolute atomic E-state index is 0.00446. The zero-order chi connectivity index (χ0) is 19.9. The molecule has 0 unspecified atom stereocenters. The second-order valence-electron chi connectivity index (χ2n) is 6.86. The number of ether oxygens (including phenoxy) is 1. The van der Waals surface area contributed by atoms with Gasteiger partial charge in [-0.05, 0) is 62.3 Å². The first-order valence-corrected chi connectivity index (χ1v) is 10.6. The number of nitrogens with one attached hydrogen (secondary N) is 2. The molecule has 1 heterocycles. The van der Waals surface area contributed by atoms with Crippen LogP contribution >= 0.6 is 11.8 Å². The molecule has 2 amide bonds. The van der Waals surface area contributed by atoms with E-state index in [0.29, 0.717) is 17.2 Å². The van der Waals surface area contributed by atoms with Gasteiger partial charge in [0.25, 0.3) is 5.91 Å². The first kappa shape index (κ1) is 20.2. The lowest BCUT2D eigenvalue weighted by Crippen LogP contribution is -2.43. The molecule has 1 saturated carbocycles. The molecule has 148 valence electrons. The van der Waals surface area contributed by atoms with Crippen LogP contribution in [0, 0.1) is 0 Å². The monoisotopic (exact) mass is 399 g/mol. The minimum Gasteiger partial charge on any atom is -0.438 e. The summed E-state index contributed by atoms with van der Waals surface area (Å²) in [5.41, 5.74) is 0.418. The van der Waals surface area contributed by atoms with Crippen LogP contribution in [0.3, 0.4) is 0 Å². The first-order chi connectivity index (χ1) is 13.5. The Morgan fingerprint density at radius 2 is 1.79 bits per heavy atom. The maximum absolute atomic E-state index is 12.8. The molecule has 2 N–H and O–H groups in total. The van der Waals surface area contributed by atoms with Crippen molar-refractivity contribution in [1.29, 1.82) is 0 Å². The quantitative estimate of drug-likeness (QED) is 0.723. The summed E-state index contributed by atoms with van der Waals surface area (Å²) < 4.78 is 5.89. The van der Waals surface area contributed by atoms with Crippen LogP contribution in [0.4, 0.5) is 0 Å². The molecule has 1 aromatic heterocycles. The Kier molecular flexibility index (Phi) is 6.92. The highest BCUT2D eigenvalue weighted by atomic mass is 32.2. The molecule has 1 aromatic carbocycles. The molecule has 7 heteroatoms. The number of benzene rings is 1. The van der Waals surface area contributed by atoms with Crippen LogP contribution in [-0.2, 0) is 4.79 Å². The lowest BCUT2D eigenvalue weighted by Gasteiger charge is -2.29. The van der Waals surface area contributed by atoms with Crippen LogP contribution in [0.15, 0.2) is 47.5 Å². The van der Waals surface area contributed by atoms with Gasteiger partial charge in [0.2, 0.25) is 11.8 Å². The normalized spacial score (nSPS) is 18.9. The Labute approximate surface area is 169 Å². The van der Waals surface area contributed by atoms with Gasteiger partial charge in [-0.1, -0.05) is 6.07 Å². The largest absolute Gasteiger partial charge is 0.438 e. The molecule has 1 aliphatic rings. The summed E-state index contributed by atoms with van der Waals surface area (Å²) in [7, 11) is 0. The average Bonchev–Trinajstić information content (AvgIpc) is 2.69. The van der Waals surface area contributed by atoms with E-state index in [1.807, 2.05) is 30.5 Å². The third-order valence-electron chi connectivity index (χ3n) is 4.74. The predicted molar refractivity (Wildman–Crippen MR) is 110 cm³/mol. The van der Waals surface area contributed by atoms with Crippen molar-refractivity contribution in [2.45, 2.75) is 49.6 Å². The van der Waals surface area contributed by atoms with Crippen molar-refractivity contribution in [3.8, 4) is 11.6 Å². The van der Waals surface area contributed by atoms with E-state index in [2.05, 4.69) is 15.6 Å². The van der Waals surface area contributed by atoms with Crippen LogP contribution in [0.25, 0.3) is 0 Å². The first-order valence-electron chi connectivity index (χ1n) is 9.40. The third kappa shape index (κ3) is 5.48. The third-order valence-corrected chi connectivity index (χ3v) is 5.47. The smallest absolute Gasteiger partial charge is 0.257 e. The van der Waals surface area contributed by atoms with Gasteiger partial charge in [0, 0.05) is 30.1 Å². The van der Waals surface area contributed by atoms with Gasteiger partial charge >= 0.3 is 0 Å². The van der Waals surface area contributed by atoms with Gasteiger partial charge in [0.05, 0.1) is 0 Å². The van der Waals surface area contributed by atoms with Crippen molar-refractivity contribution in [3.63, 3.8) is 0 Å². The number of thioether (sulfide) groups is 1. The van der Waals surface area contributed by atoms with Gasteiger partial charge < -0.3 is 15.4 Å². The molecule has 1 fully saturated rings. The number of aromatic nitrogens is 1. The number of rotatable bonds is 6. The number of carbonyl (C=O) groups is 2. The molecule has 2 aromatic rings. The summed E-state index contributed by atoms with van der Waals surface area (Å²) in [5, 5.41) is 6.03. The fraction of sp³-hybridized carbons (Fsp3) is 0.381. The molecule has 6 nitrogen and oxygen atoms in total. The molecule has 0 atom stereocenters. The van der Waals surface area contributed by atoms with Crippen LogP contribution in [0.5, 0.6) is 11.6 Å². The molecule has 0 aliphatic heterocycles. The van der Waals surface area contributed by atoms with Crippen molar-refractivity contribution in [1.82, 2.24) is 15.6 Å². The molecule has 0 bridgehead atoms. The van der Waals surface area contributed by atoms with Gasteiger partial charge in [-0.2, -0.15) is 0 Å². The molecular formula is C21H25N3O3S. The van der Waals surface area contributed by atoms with Crippen LogP contribution < -0.4 is 15.4 Å². The van der Waals surface area contributed by atoms with E-state index >= 15 is 0 Å². The number of hydrogen-bond acceptors (Lipinski definition) is 5. The summed E-state index contributed by atoms with van der Waals surface area (Å²) in [4.78, 5) is 29.3. The molecule has 1 aliphatic carbocycles. The standard InChI is InChI=1S/C21H25N3O3S/c1-14(25)23-15-8-10-16(11-9-15)24-20(26)19-7-4-12-22-21(19)27-17-5-3-6-18(13-17)28-2/h3-7,12-13,15-16H,8-11H2,1-2H3,(H,23,25)(H,24,26)/t15-,16+. The second kappa shape index (κ2) is 9.59. The van der Waals surface area contributed by atoms with E-state index in [0.717, 1.165) is 30.6 Å². The predicted octanol–water partition coefficient (Wildman–Crippen LogP) is 3.77. The minimum atomic E-state index is -0.188. The topological polar surface area (TPSA) is 80.3 Å². The molecule has 0 radical (unpaired) electrons. The van der Waals surface area contributed by atoms with Gasteiger partial charge in [0.1, 0.15) is 11.3 Å². The summed E-state index contributed by atoms with van der Waals surface area (Å²) in [5.74, 6) is 0.753. The summed E-state index contributed by atoms with van der Waals surface area (Å²) >= 11 is 1.63. The Bertz CT molecular complexity index is 835. The van der Waals surface area contributed by atoms with E-state index < -0.39 is 0 Å². The Hall–Kier alpha value is -2.54. The maximum atomic E-state index is 12.8. The lowest BCUT2D eigenvalue weighted by atomic mass is 9.91. The number of carbonyl (C=O) groups excluding carboxylic acids is 2. The van der Waals surface area contributed by atoms with E-state index in [1.54, 1.807) is 30.1 Å². The highest BCUT2D eigenvalue weighted by molar-refractivity contribution is 7.98. The molecule has 0 saturated heterocycles. The van der Waals surface area contributed by atoms with Crippen molar-refractivity contribution in [2.75, 3.05) is 6.26 Å². The van der Waals surface area contributed by atoms with E-state index in [1.165, 1.54) is 6.92 Å². The number of amides is 2. The van der Waals surface area contributed by atoms with Crippen molar-refractivity contribution >= 4 is 23.6 Å². The lowest BCUT2D eigenvalue weighted by molar-refractivity contribution is -0.119. The van der Waals surface area contributed by atoms with Crippen LogP contribution in [0.1, 0.15) is 43.0 Å². The second-order valence-corrected chi connectivity index (χ2v) is 7.74. The summed E-state index contributed by atoms with van der Waals surface area (Å²) in [6.45, 7) is 1.53. The fourth-order valence-electron chi connectivity index (χ4n) is 3.35. The van der Waals surface area contributed by atoms with Gasteiger partial charge in [-0.25, -0.2) is 4.98 Å². The van der Waals surface area contributed by atoms with E-state index in [9.17, 15) is 9.59 Å². The zero-order valence-electron chi connectivity index (χ0n) is 16.1. The molecule has 3 rings (SSSR count). The van der Waals surface area contributed by atoms with E-state index in [-0.39, 0.29) is 23.9 Å². The van der Waals surface area contributed by atoms with Crippen LogP contribution in [0.2, 0.25) is 0 Å². The number of nitrogens with zero attached hydrogens (tertiary/aromatic N) is 1. The zero-order valence-corrected chi connectivity index (χ0v) is 16.9. The Morgan fingerprint density at radius 1 is 1.07 bits per heavy atom. The van der Waals surface area contributed by atoms with E-state index in [4.69, 9.17) is 4.74 Å². The van der Waals surface area contributed by atoms with Crippen molar-refractivity contribution in [2.24, 2.45) is 0 Å². The number of pyridine rings is 1. The van der Waals surface area contributed by atoms with Crippen LogP contribution in [-0.4, -0.2) is 35.1 Å². The van der Waals surface area contributed by atoms with Crippen molar-refractivity contribution < 1.29 is 14.3 Å². The SMILES string of the molecule is CSc1cccc(Oc2ncccc2C(=O)N[C@H]2CC[C@@H](NC(C)=O)CC2)c1. The highest BCUT2D eigenvalue weighted by Gasteiger charge is 2.24. The molecular weight excluding hydrogens is 374 g/mol. The maximum Gasteiger partial charge on any atom is 0.257 e. The Morgan fingerprint density at radius 3 is 2.46 bits per heavy atom. The molecule has 0 spiro atoms. The number of hydrogen-bond donors (Lipinski definition) is 2. The molecule has 28 heavy (non-hydrogen) atoms. The Balaban J connectivity index is 1.64. The van der Waals surface area contributed by atoms with Gasteiger partial charge in [0.15, 0.2) is 0 Å². The van der Waals surface area contributed by atoms with Crippen molar-refractivity contribution in [3.05, 3.63) is 48.2 Å². The summed E-state index contributed by atoms with van der Waals surface area (Å²) in [6.07, 6.45) is 7.01. The van der Waals surface area contributed by atoms with Gasteiger partial charge in [-0.15, -0.1) is 11.8 Å². The highest BCUT2D eigenvalue weighted by Crippen LogP contribution is 2.27. The summed E-state index contributed by atoms with van der Waals surface area (Å²) in [6, 6.07) is 11.4. The van der Waals surface area contributed by atoms with Gasteiger partial charge in [-0.3, -0.25) is 9.59 Å². The fourth-order valence-corrected chi connectivity index (χ4v) is 3.80.